The minimum atomic E-state index is 0. The van der Waals surface area contributed by atoms with E-state index in [1.807, 2.05) is 24.3 Å². The highest BCUT2D eigenvalue weighted by Crippen LogP contribution is 2.11. The highest BCUT2D eigenvalue weighted by molar-refractivity contribution is 14.0. The van der Waals surface area contributed by atoms with E-state index in [0.717, 1.165) is 24.8 Å². The molecule has 0 amide bonds. The van der Waals surface area contributed by atoms with Crippen LogP contribution in [0.5, 0.6) is 5.75 Å². The number of guanidine groups is 1. The van der Waals surface area contributed by atoms with Gasteiger partial charge in [-0.2, -0.15) is 0 Å². The van der Waals surface area contributed by atoms with E-state index in [-0.39, 0.29) is 24.0 Å². The summed E-state index contributed by atoms with van der Waals surface area (Å²) in [6.45, 7) is 2.40. The van der Waals surface area contributed by atoms with Crippen molar-refractivity contribution < 1.29 is 4.74 Å². The van der Waals surface area contributed by atoms with Crippen LogP contribution in [0.1, 0.15) is 16.7 Å². The first kappa shape index (κ1) is 22.2. The minimum Gasteiger partial charge on any atom is -0.497 e. The Morgan fingerprint density at radius 3 is 2.15 bits per heavy atom. The molecule has 0 fully saturated rings. The van der Waals surface area contributed by atoms with Gasteiger partial charge in [0.25, 0.3) is 0 Å². The van der Waals surface area contributed by atoms with Crippen LogP contribution in [-0.4, -0.2) is 39.1 Å². The van der Waals surface area contributed by atoms with Crippen molar-refractivity contribution in [1.82, 2.24) is 15.5 Å². The zero-order chi connectivity index (χ0) is 18.1. The molecule has 0 unspecified atom stereocenters. The Balaban J connectivity index is 0.00000338. The van der Waals surface area contributed by atoms with Crippen molar-refractivity contribution in [3.63, 3.8) is 0 Å². The average molecular weight is 468 g/mol. The summed E-state index contributed by atoms with van der Waals surface area (Å²) in [5.41, 5.74) is 3.73. The summed E-state index contributed by atoms with van der Waals surface area (Å²) < 4.78 is 5.18. The highest BCUT2D eigenvalue weighted by Gasteiger charge is 2.01. The second kappa shape index (κ2) is 11.7. The van der Waals surface area contributed by atoms with E-state index < -0.39 is 0 Å². The molecule has 0 aliphatic carbocycles. The van der Waals surface area contributed by atoms with Gasteiger partial charge in [-0.05, 0) is 42.9 Å². The van der Waals surface area contributed by atoms with E-state index in [2.05, 4.69) is 58.9 Å². The smallest absolute Gasteiger partial charge is 0.191 e. The van der Waals surface area contributed by atoms with Gasteiger partial charge in [0, 0.05) is 26.7 Å². The van der Waals surface area contributed by atoms with Crippen LogP contribution in [0.4, 0.5) is 0 Å². The zero-order valence-corrected chi connectivity index (χ0v) is 18.3. The predicted molar refractivity (Wildman–Crippen MR) is 119 cm³/mol. The molecule has 5 nitrogen and oxygen atoms in total. The molecule has 2 rings (SSSR count). The fourth-order valence-electron chi connectivity index (χ4n) is 2.54. The first-order valence-corrected chi connectivity index (χ1v) is 8.40. The molecule has 142 valence electrons. The van der Waals surface area contributed by atoms with Gasteiger partial charge in [0.1, 0.15) is 5.75 Å². The first-order valence-electron chi connectivity index (χ1n) is 8.40. The topological polar surface area (TPSA) is 48.9 Å². The average Bonchev–Trinajstić information content (AvgIpc) is 2.62. The number of halogens is 1. The lowest BCUT2D eigenvalue weighted by atomic mass is 10.1. The van der Waals surface area contributed by atoms with Crippen molar-refractivity contribution in [3.05, 3.63) is 65.2 Å². The molecule has 0 bridgehead atoms. The third kappa shape index (κ3) is 7.61. The van der Waals surface area contributed by atoms with Gasteiger partial charge in [-0.15, -0.1) is 24.0 Å². The van der Waals surface area contributed by atoms with E-state index in [0.29, 0.717) is 6.54 Å². The molecule has 2 N–H and O–H groups in total. The Morgan fingerprint density at radius 1 is 0.962 bits per heavy atom. The molecular weight excluding hydrogens is 439 g/mol. The number of nitrogens with one attached hydrogen (secondary N) is 2. The normalized spacial score (nSPS) is 11.0. The molecule has 0 aliphatic heterocycles. The van der Waals surface area contributed by atoms with Gasteiger partial charge < -0.3 is 20.3 Å². The summed E-state index contributed by atoms with van der Waals surface area (Å²) in [6.07, 6.45) is 0. The van der Waals surface area contributed by atoms with Crippen LogP contribution in [0.15, 0.2) is 53.5 Å². The number of ether oxygens (including phenoxy) is 1. The van der Waals surface area contributed by atoms with E-state index in [1.165, 1.54) is 16.7 Å². The minimum absolute atomic E-state index is 0. The summed E-state index contributed by atoms with van der Waals surface area (Å²) >= 11 is 0. The molecule has 2 aromatic carbocycles. The van der Waals surface area contributed by atoms with Crippen LogP contribution in [0, 0.1) is 0 Å². The second-order valence-corrected chi connectivity index (χ2v) is 6.19. The molecule has 6 heteroatoms. The molecule has 0 atom stereocenters. The highest BCUT2D eigenvalue weighted by atomic mass is 127. The Labute approximate surface area is 173 Å². The summed E-state index contributed by atoms with van der Waals surface area (Å²) in [7, 11) is 7.62. The van der Waals surface area contributed by atoms with Gasteiger partial charge in [0.2, 0.25) is 0 Å². The lowest BCUT2D eigenvalue weighted by molar-refractivity contribution is 0.402. The lowest BCUT2D eigenvalue weighted by Gasteiger charge is -2.14. The van der Waals surface area contributed by atoms with Crippen molar-refractivity contribution >= 4 is 29.9 Å². The number of benzene rings is 2. The third-order valence-corrected chi connectivity index (χ3v) is 3.79. The molecular formula is C20H29IN4O. The number of hydrogen-bond acceptors (Lipinski definition) is 3. The van der Waals surface area contributed by atoms with Gasteiger partial charge >= 0.3 is 0 Å². The number of methoxy groups -OCH3 is 1. The SMILES string of the molecule is CN=C(NCc1ccc(OC)cc1)NCc1cccc(CN(C)C)c1.I. The van der Waals surface area contributed by atoms with Gasteiger partial charge in [0.05, 0.1) is 7.11 Å². The number of aliphatic imine (C=N–C) groups is 1. The lowest BCUT2D eigenvalue weighted by Crippen LogP contribution is -2.36. The van der Waals surface area contributed by atoms with Crippen LogP contribution in [0.25, 0.3) is 0 Å². The van der Waals surface area contributed by atoms with Crippen LogP contribution < -0.4 is 15.4 Å². The first-order chi connectivity index (χ1) is 12.1. The molecule has 2 aromatic rings. The maximum absolute atomic E-state index is 5.18. The van der Waals surface area contributed by atoms with Crippen LogP contribution in [0.2, 0.25) is 0 Å². The zero-order valence-electron chi connectivity index (χ0n) is 16.0. The molecule has 0 heterocycles. The van der Waals surface area contributed by atoms with Crippen molar-refractivity contribution in [2.24, 2.45) is 4.99 Å². The van der Waals surface area contributed by atoms with Crippen molar-refractivity contribution in [3.8, 4) is 5.75 Å². The summed E-state index contributed by atoms with van der Waals surface area (Å²) in [5, 5.41) is 6.69. The number of rotatable bonds is 7. The van der Waals surface area contributed by atoms with Crippen LogP contribution in [-0.2, 0) is 19.6 Å². The largest absolute Gasteiger partial charge is 0.497 e. The maximum atomic E-state index is 5.18. The quantitative estimate of drug-likeness (QED) is 0.372. The third-order valence-electron chi connectivity index (χ3n) is 3.79. The van der Waals surface area contributed by atoms with Gasteiger partial charge in [-0.1, -0.05) is 36.4 Å². The maximum Gasteiger partial charge on any atom is 0.191 e. The van der Waals surface area contributed by atoms with E-state index in [9.17, 15) is 0 Å². The van der Waals surface area contributed by atoms with Gasteiger partial charge in [-0.3, -0.25) is 4.99 Å². The predicted octanol–water partition coefficient (Wildman–Crippen LogP) is 3.24. The Hall–Kier alpha value is -1.80. The van der Waals surface area contributed by atoms with E-state index >= 15 is 0 Å². The van der Waals surface area contributed by atoms with E-state index in [4.69, 9.17) is 4.74 Å². The Morgan fingerprint density at radius 2 is 1.58 bits per heavy atom. The molecule has 0 saturated carbocycles. The Kier molecular flexibility index (Phi) is 10.0. The Bertz CT molecular complexity index is 686. The molecule has 0 radical (unpaired) electrons. The molecule has 0 saturated heterocycles. The molecule has 0 aromatic heterocycles. The van der Waals surface area contributed by atoms with Crippen molar-refractivity contribution in [1.29, 1.82) is 0 Å². The molecule has 26 heavy (non-hydrogen) atoms. The second-order valence-electron chi connectivity index (χ2n) is 6.19. The summed E-state index contributed by atoms with van der Waals surface area (Å²) in [6, 6.07) is 16.6. The fourth-order valence-corrected chi connectivity index (χ4v) is 2.54. The monoisotopic (exact) mass is 468 g/mol. The van der Waals surface area contributed by atoms with Crippen LogP contribution in [0.3, 0.4) is 0 Å². The van der Waals surface area contributed by atoms with Crippen molar-refractivity contribution in [2.45, 2.75) is 19.6 Å². The van der Waals surface area contributed by atoms with Gasteiger partial charge in [-0.25, -0.2) is 0 Å². The van der Waals surface area contributed by atoms with Crippen LogP contribution >= 0.6 is 24.0 Å². The standard InChI is InChI=1S/C20H28N4O.HI/c1-21-20(22-13-16-8-10-19(25-4)11-9-16)23-14-17-6-5-7-18(12-17)15-24(2)3;/h5-12H,13-15H2,1-4H3,(H2,21,22,23);1H. The summed E-state index contributed by atoms with van der Waals surface area (Å²) in [4.78, 5) is 6.45. The molecule has 0 spiro atoms. The van der Waals surface area contributed by atoms with E-state index in [1.54, 1.807) is 14.2 Å². The summed E-state index contributed by atoms with van der Waals surface area (Å²) in [5.74, 6) is 1.65. The number of nitrogens with zero attached hydrogens (tertiary/aromatic N) is 2. The van der Waals surface area contributed by atoms with Crippen molar-refractivity contribution in [2.75, 3.05) is 28.3 Å². The molecule has 0 aliphatic rings. The fraction of sp³-hybridized carbons (Fsp3) is 0.350. The van der Waals surface area contributed by atoms with Gasteiger partial charge in [0.15, 0.2) is 5.96 Å². The number of hydrogen-bond donors (Lipinski definition) is 2.